The van der Waals surface area contributed by atoms with Crippen molar-refractivity contribution < 1.29 is 0 Å². The third kappa shape index (κ3) is 4.05. The largest absolute Gasteiger partial charge is 0.307 e. The Morgan fingerprint density at radius 1 is 1.15 bits per heavy atom. The van der Waals surface area contributed by atoms with E-state index in [1.807, 2.05) is 37.0 Å². The third-order valence-electron chi connectivity index (χ3n) is 3.02. The Labute approximate surface area is 146 Å². The molecule has 1 heterocycles. The van der Waals surface area contributed by atoms with E-state index in [-0.39, 0.29) is 11.6 Å². The first-order chi connectivity index (χ1) is 9.47. The number of benzene rings is 1. The molecule has 1 atom stereocenters. The van der Waals surface area contributed by atoms with Crippen molar-refractivity contribution in [1.82, 2.24) is 9.47 Å². The van der Waals surface area contributed by atoms with Crippen LogP contribution in [0.1, 0.15) is 11.6 Å². The third-order valence-corrected chi connectivity index (χ3v) is 4.36. The molecule has 0 aliphatic heterocycles. The average Bonchev–Trinajstić information content (AvgIpc) is 2.36. The van der Waals surface area contributed by atoms with Gasteiger partial charge in [-0.3, -0.25) is 4.79 Å². The molecule has 0 bridgehead atoms. The minimum atomic E-state index is 0.0317. The summed E-state index contributed by atoms with van der Waals surface area (Å²) < 4.78 is 3.96. The van der Waals surface area contributed by atoms with Gasteiger partial charge in [0.15, 0.2) is 0 Å². The molecule has 0 spiro atoms. The predicted molar refractivity (Wildman–Crippen MR) is 99.3 cm³/mol. The minimum absolute atomic E-state index is 0.0317. The van der Waals surface area contributed by atoms with Crippen LogP contribution in [-0.4, -0.2) is 30.1 Å². The van der Waals surface area contributed by atoms with E-state index in [1.54, 1.807) is 6.07 Å². The fourth-order valence-corrected chi connectivity index (χ4v) is 3.13. The van der Waals surface area contributed by atoms with E-state index in [1.165, 1.54) is 3.57 Å². The van der Waals surface area contributed by atoms with E-state index in [0.717, 1.165) is 15.7 Å². The fourth-order valence-electron chi connectivity index (χ4n) is 2.14. The van der Waals surface area contributed by atoms with Crippen molar-refractivity contribution >= 4 is 45.2 Å². The molecule has 2 aromatic rings. The molecule has 0 fully saturated rings. The van der Waals surface area contributed by atoms with E-state index in [4.69, 9.17) is 0 Å². The summed E-state index contributed by atoms with van der Waals surface area (Å²) in [6, 6.07) is 12.0. The molecule has 5 heteroatoms. The van der Waals surface area contributed by atoms with E-state index < -0.39 is 0 Å². The summed E-state index contributed by atoms with van der Waals surface area (Å²) in [6.07, 6.45) is 1.89. The Hall–Kier alpha value is -0.410. The smallest absolute Gasteiger partial charge is 0.252 e. The van der Waals surface area contributed by atoms with Gasteiger partial charge in [0.05, 0.1) is 6.04 Å². The number of halogens is 2. The molecule has 1 aromatic heterocycles. The van der Waals surface area contributed by atoms with Crippen molar-refractivity contribution in [3.8, 4) is 0 Å². The molecule has 106 valence electrons. The zero-order valence-corrected chi connectivity index (χ0v) is 15.7. The van der Waals surface area contributed by atoms with Gasteiger partial charge in [0.1, 0.15) is 0 Å². The Morgan fingerprint density at radius 2 is 1.85 bits per heavy atom. The number of hydrogen-bond donors (Lipinski definition) is 0. The van der Waals surface area contributed by atoms with Crippen LogP contribution >= 0.6 is 45.2 Å². The molecule has 0 amide bonds. The lowest BCUT2D eigenvalue weighted by molar-refractivity contribution is 0.346. The van der Waals surface area contributed by atoms with E-state index in [0.29, 0.717) is 0 Å². The molecule has 1 aromatic carbocycles. The summed E-state index contributed by atoms with van der Waals surface area (Å²) in [6.45, 7) is 0.792. The summed E-state index contributed by atoms with van der Waals surface area (Å²) in [5.74, 6) is 0. The topological polar surface area (TPSA) is 25.2 Å². The van der Waals surface area contributed by atoms with Gasteiger partial charge in [-0.15, -0.1) is 0 Å². The fraction of sp³-hybridized carbons (Fsp3) is 0.267. The second-order valence-corrected chi connectivity index (χ2v) is 7.41. The molecule has 2 rings (SSSR count). The molecule has 0 radical (unpaired) electrons. The standard InChI is InChI=1S/C15H16I2N2O/c1-18(2)10-14(11-4-3-5-12(16)8-11)19-7-6-13(17)9-15(19)20/h3-9,14H,10H2,1-2H3. The van der Waals surface area contributed by atoms with Crippen LogP contribution in [-0.2, 0) is 0 Å². The summed E-state index contributed by atoms with van der Waals surface area (Å²) in [4.78, 5) is 14.4. The van der Waals surface area contributed by atoms with Crippen molar-refractivity contribution in [2.45, 2.75) is 6.04 Å². The molecule has 3 nitrogen and oxygen atoms in total. The quantitative estimate of drug-likeness (QED) is 0.611. The zero-order chi connectivity index (χ0) is 14.7. The molecular weight excluding hydrogens is 478 g/mol. The van der Waals surface area contributed by atoms with Gasteiger partial charge in [0, 0.05) is 25.9 Å². The number of nitrogens with zero attached hydrogens (tertiary/aromatic N) is 2. The van der Waals surface area contributed by atoms with E-state index in [9.17, 15) is 4.79 Å². The minimum Gasteiger partial charge on any atom is -0.307 e. The maximum absolute atomic E-state index is 12.3. The van der Waals surface area contributed by atoms with Crippen LogP contribution in [0.4, 0.5) is 0 Å². The zero-order valence-electron chi connectivity index (χ0n) is 11.4. The van der Waals surface area contributed by atoms with Crippen molar-refractivity contribution in [1.29, 1.82) is 0 Å². The summed E-state index contributed by atoms with van der Waals surface area (Å²) >= 11 is 4.47. The highest BCUT2D eigenvalue weighted by Crippen LogP contribution is 2.20. The highest BCUT2D eigenvalue weighted by molar-refractivity contribution is 14.1. The lowest BCUT2D eigenvalue weighted by Crippen LogP contribution is -2.32. The number of aromatic nitrogens is 1. The van der Waals surface area contributed by atoms with E-state index in [2.05, 4.69) is 68.3 Å². The van der Waals surface area contributed by atoms with Gasteiger partial charge in [-0.25, -0.2) is 0 Å². The molecule has 0 saturated carbocycles. The van der Waals surface area contributed by atoms with Gasteiger partial charge in [-0.1, -0.05) is 12.1 Å². The Bertz CT molecular complexity index is 652. The monoisotopic (exact) mass is 494 g/mol. The number of pyridine rings is 1. The highest BCUT2D eigenvalue weighted by Gasteiger charge is 2.16. The first kappa shape index (κ1) is 16.0. The average molecular weight is 494 g/mol. The van der Waals surface area contributed by atoms with Crippen LogP contribution in [0.3, 0.4) is 0 Å². The van der Waals surface area contributed by atoms with Crippen LogP contribution in [0.25, 0.3) is 0 Å². The van der Waals surface area contributed by atoms with Crippen LogP contribution < -0.4 is 5.56 Å². The number of hydrogen-bond acceptors (Lipinski definition) is 2. The van der Waals surface area contributed by atoms with Gasteiger partial charge >= 0.3 is 0 Å². The SMILES string of the molecule is CN(C)CC(c1cccc(I)c1)n1ccc(I)cc1=O. The van der Waals surface area contributed by atoms with E-state index >= 15 is 0 Å². The molecule has 0 N–H and O–H groups in total. The summed E-state index contributed by atoms with van der Waals surface area (Å²) in [5.41, 5.74) is 1.21. The lowest BCUT2D eigenvalue weighted by Gasteiger charge is -2.24. The lowest BCUT2D eigenvalue weighted by atomic mass is 10.1. The van der Waals surface area contributed by atoms with Gasteiger partial charge in [0.2, 0.25) is 0 Å². The van der Waals surface area contributed by atoms with Gasteiger partial charge < -0.3 is 9.47 Å². The van der Waals surface area contributed by atoms with Gasteiger partial charge in [0.25, 0.3) is 5.56 Å². The first-order valence-electron chi connectivity index (χ1n) is 6.25. The van der Waals surface area contributed by atoms with Crippen LogP contribution in [0.5, 0.6) is 0 Å². The Balaban J connectivity index is 2.50. The number of likely N-dealkylation sites (N-methyl/N-ethyl adjacent to an activating group) is 1. The first-order valence-corrected chi connectivity index (χ1v) is 8.41. The second-order valence-electron chi connectivity index (χ2n) is 4.92. The second kappa shape index (κ2) is 7.04. The van der Waals surface area contributed by atoms with Crippen LogP contribution in [0, 0.1) is 7.14 Å². The molecular formula is C15H16I2N2O. The van der Waals surface area contributed by atoms with Crippen molar-refractivity contribution in [2.75, 3.05) is 20.6 Å². The van der Waals surface area contributed by atoms with Gasteiger partial charge in [-0.05, 0) is 83.0 Å². The Kier molecular flexibility index (Phi) is 5.62. The molecule has 1 unspecified atom stereocenters. The van der Waals surface area contributed by atoms with Gasteiger partial charge in [-0.2, -0.15) is 0 Å². The normalized spacial score (nSPS) is 12.7. The maximum atomic E-state index is 12.3. The Morgan fingerprint density at radius 3 is 2.45 bits per heavy atom. The molecule has 0 saturated heterocycles. The summed E-state index contributed by atoms with van der Waals surface area (Å²) in [7, 11) is 4.05. The van der Waals surface area contributed by atoms with Crippen LogP contribution in [0.2, 0.25) is 0 Å². The van der Waals surface area contributed by atoms with Crippen molar-refractivity contribution in [3.63, 3.8) is 0 Å². The van der Waals surface area contributed by atoms with Crippen molar-refractivity contribution in [2.24, 2.45) is 0 Å². The maximum Gasteiger partial charge on any atom is 0.252 e. The molecule has 0 aliphatic carbocycles. The highest BCUT2D eigenvalue weighted by atomic mass is 127. The molecule has 0 aliphatic rings. The van der Waals surface area contributed by atoms with Crippen molar-refractivity contribution in [3.05, 3.63) is 65.7 Å². The predicted octanol–water partition coefficient (Wildman–Crippen LogP) is 3.21. The summed E-state index contributed by atoms with van der Waals surface area (Å²) in [5, 5.41) is 0. The molecule has 20 heavy (non-hydrogen) atoms. The van der Waals surface area contributed by atoms with Crippen LogP contribution in [0.15, 0.2) is 47.4 Å². The number of rotatable bonds is 4.